The summed E-state index contributed by atoms with van der Waals surface area (Å²) in [6.45, 7) is 4.56. The average Bonchev–Trinajstić information content (AvgIpc) is 3.26. The van der Waals surface area contributed by atoms with Crippen molar-refractivity contribution in [3.05, 3.63) is 41.6 Å². The van der Waals surface area contributed by atoms with E-state index in [1.165, 1.54) is 43.4 Å². The molecule has 3 heterocycles. The van der Waals surface area contributed by atoms with Gasteiger partial charge in [0.15, 0.2) is 11.5 Å². The summed E-state index contributed by atoms with van der Waals surface area (Å²) in [6, 6.07) is 11.0. The average molecular weight is 363 g/mol. The van der Waals surface area contributed by atoms with Crippen LogP contribution in [0.4, 0.5) is 5.82 Å². The normalized spacial score (nSPS) is 16.8. The highest BCUT2D eigenvalue weighted by atomic mass is 16.7. The Morgan fingerprint density at radius 1 is 1.00 bits per heavy atom. The number of nitrogens with zero attached hydrogens (tertiary/aromatic N) is 2. The van der Waals surface area contributed by atoms with Crippen molar-refractivity contribution in [2.24, 2.45) is 0 Å². The molecule has 0 unspecified atom stereocenters. The van der Waals surface area contributed by atoms with Crippen LogP contribution in [-0.4, -0.2) is 22.2 Å². The van der Waals surface area contributed by atoms with Crippen LogP contribution in [0.1, 0.15) is 43.4 Å². The molecule has 0 spiro atoms. The highest BCUT2D eigenvalue weighted by Crippen LogP contribution is 2.39. The third-order valence-corrected chi connectivity index (χ3v) is 5.64. The first-order valence-electron chi connectivity index (χ1n) is 9.85. The number of pyridine rings is 1. The third-order valence-electron chi connectivity index (χ3n) is 5.64. The van der Waals surface area contributed by atoms with Crippen molar-refractivity contribution in [3.63, 3.8) is 0 Å². The van der Waals surface area contributed by atoms with Gasteiger partial charge < -0.3 is 14.8 Å². The van der Waals surface area contributed by atoms with Crippen molar-refractivity contribution in [1.29, 1.82) is 0 Å². The Balaban J connectivity index is 1.65. The van der Waals surface area contributed by atoms with Gasteiger partial charge in [0.1, 0.15) is 17.2 Å². The van der Waals surface area contributed by atoms with Crippen molar-refractivity contribution in [2.75, 3.05) is 12.1 Å². The van der Waals surface area contributed by atoms with Gasteiger partial charge in [-0.3, -0.25) is 4.40 Å². The number of rotatable bonds is 3. The van der Waals surface area contributed by atoms with Gasteiger partial charge in [-0.05, 0) is 62.6 Å². The van der Waals surface area contributed by atoms with E-state index in [1.807, 2.05) is 12.1 Å². The number of fused-ring (bicyclic) bond motifs is 2. The molecule has 1 fully saturated rings. The van der Waals surface area contributed by atoms with Gasteiger partial charge in [-0.15, -0.1) is 0 Å². The zero-order valence-electron chi connectivity index (χ0n) is 15.9. The van der Waals surface area contributed by atoms with Gasteiger partial charge in [0.25, 0.3) is 0 Å². The molecule has 0 bridgehead atoms. The first kappa shape index (κ1) is 16.5. The number of nitrogens with one attached hydrogen (secondary N) is 1. The molecule has 1 N–H and O–H groups in total. The standard InChI is InChI=1S/C22H25N3O2/c1-14-10-15(2)25-20(11-14)24-21(22(25)23-17-6-4-3-5-7-17)16-8-9-18-19(12-16)27-13-26-18/h8-12,17,23H,3-7,13H2,1-2H3. The van der Waals surface area contributed by atoms with Gasteiger partial charge in [0, 0.05) is 17.3 Å². The van der Waals surface area contributed by atoms with Crippen LogP contribution in [0.15, 0.2) is 30.3 Å². The van der Waals surface area contributed by atoms with E-state index in [9.17, 15) is 0 Å². The maximum absolute atomic E-state index is 5.59. The van der Waals surface area contributed by atoms with Crippen LogP contribution in [-0.2, 0) is 0 Å². The molecule has 5 heteroatoms. The van der Waals surface area contributed by atoms with E-state index >= 15 is 0 Å². The Bertz CT molecular complexity index is 1000. The predicted octanol–water partition coefficient (Wildman–Crippen LogP) is 5.09. The summed E-state index contributed by atoms with van der Waals surface area (Å²) >= 11 is 0. The van der Waals surface area contributed by atoms with E-state index in [0.29, 0.717) is 6.04 Å². The molecule has 2 aromatic heterocycles. The molecule has 0 amide bonds. The Hall–Kier alpha value is -2.69. The van der Waals surface area contributed by atoms with Crippen LogP contribution in [0.3, 0.4) is 0 Å². The zero-order valence-corrected chi connectivity index (χ0v) is 15.9. The van der Waals surface area contributed by atoms with E-state index in [2.05, 4.69) is 41.8 Å². The van der Waals surface area contributed by atoms with E-state index in [-0.39, 0.29) is 6.79 Å². The lowest BCUT2D eigenvalue weighted by atomic mass is 9.95. The van der Waals surface area contributed by atoms with Crippen LogP contribution in [0.5, 0.6) is 11.5 Å². The second-order valence-corrected chi connectivity index (χ2v) is 7.72. The second kappa shape index (κ2) is 6.48. The molecule has 3 aromatic rings. The van der Waals surface area contributed by atoms with Gasteiger partial charge in [0.05, 0.1) is 0 Å². The van der Waals surface area contributed by atoms with Gasteiger partial charge in [-0.2, -0.15) is 0 Å². The molecular formula is C22H25N3O2. The van der Waals surface area contributed by atoms with Crippen LogP contribution in [0.2, 0.25) is 0 Å². The minimum Gasteiger partial charge on any atom is -0.454 e. The maximum atomic E-state index is 5.59. The van der Waals surface area contributed by atoms with Crippen molar-refractivity contribution in [1.82, 2.24) is 9.38 Å². The number of imidazole rings is 1. The smallest absolute Gasteiger partial charge is 0.231 e. The van der Waals surface area contributed by atoms with Crippen LogP contribution in [0, 0.1) is 13.8 Å². The highest BCUT2D eigenvalue weighted by molar-refractivity contribution is 5.79. The summed E-state index contributed by atoms with van der Waals surface area (Å²) in [6.07, 6.45) is 6.38. The van der Waals surface area contributed by atoms with Crippen LogP contribution >= 0.6 is 0 Å². The molecule has 5 rings (SSSR count). The number of benzene rings is 1. The topological polar surface area (TPSA) is 47.8 Å². The Labute approximate surface area is 159 Å². The van der Waals surface area contributed by atoms with Crippen molar-refractivity contribution >= 4 is 11.5 Å². The summed E-state index contributed by atoms with van der Waals surface area (Å²) in [5.41, 5.74) is 5.44. The molecule has 27 heavy (non-hydrogen) atoms. The van der Waals surface area contributed by atoms with Crippen LogP contribution in [0.25, 0.3) is 16.9 Å². The number of hydrogen-bond acceptors (Lipinski definition) is 4. The molecular weight excluding hydrogens is 338 g/mol. The fourth-order valence-corrected chi connectivity index (χ4v) is 4.35. The highest BCUT2D eigenvalue weighted by Gasteiger charge is 2.22. The second-order valence-electron chi connectivity index (χ2n) is 7.72. The molecule has 140 valence electrons. The summed E-state index contributed by atoms with van der Waals surface area (Å²) in [4.78, 5) is 5.00. The van der Waals surface area contributed by atoms with Gasteiger partial charge in [0.2, 0.25) is 6.79 Å². The number of aromatic nitrogens is 2. The molecule has 5 nitrogen and oxygen atoms in total. The molecule has 0 saturated heterocycles. The number of hydrogen-bond donors (Lipinski definition) is 1. The van der Waals surface area contributed by atoms with E-state index in [0.717, 1.165) is 34.2 Å². The number of aryl methyl sites for hydroxylation is 2. The van der Waals surface area contributed by atoms with E-state index in [1.54, 1.807) is 0 Å². The quantitative estimate of drug-likeness (QED) is 0.704. The third kappa shape index (κ3) is 2.91. The molecule has 1 aliphatic heterocycles. The van der Waals surface area contributed by atoms with E-state index < -0.39 is 0 Å². The lowest BCUT2D eigenvalue weighted by Crippen LogP contribution is -2.23. The summed E-state index contributed by atoms with van der Waals surface area (Å²) in [5, 5.41) is 3.83. The van der Waals surface area contributed by atoms with E-state index in [4.69, 9.17) is 14.5 Å². The van der Waals surface area contributed by atoms with Crippen LogP contribution < -0.4 is 14.8 Å². The van der Waals surface area contributed by atoms with Gasteiger partial charge in [-0.25, -0.2) is 4.98 Å². The molecule has 2 aliphatic rings. The summed E-state index contributed by atoms with van der Waals surface area (Å²) < 4.78 is 13.3. The van der Waals surface area contributed by atoms with Gasteiger partial charge in [-0.1, -0.05) is 19.3 Å². The Morgan fingerprint density at radius 3 is 2.67 bits per heavy atom. The monoisotopic (exact) mass is 363 g/mol. The molecule has 0 radical (unpaired) electrons. The minimum atomic E-state index is 0.287. The molecule has 0 atom stereocenters. The van der Waals surface area contributed by atoms with Gasteiger partial charge >= 0.3 is 0 Å². The zero-order chi connectivity index (χ0) is 18.4. The van der Waals surface area contributed by atoms with Crippen molar-refractivity contribution < 1.29 is 9.47 Å². The lowest BCUT2D eigenvalue weighted by Gasteiger charge is -2.24. The fraction of sp³-hybridized carbons (Fsp3) is 0.409. The first-order valence-corrected chi connectivity index (χ1v) is 9.85. The fourth-order valence-electron chi connectivity index (χ4n) is 4.35. The van der Waals surface area contributed by atoms with Crippen molar-refractivity contribution in [2.45, 2.75) is 52.0 Å². The number of ether oxygens (including phenoxy) is 2. The van der Waals surface area contributed by atoms with Crippen molar-refractivity contribution in [3.8, 4) is 22.8 Å². The minimum absolute atomic E-state index is 0.287. The Morgan fingerprint density at radius 2 is 1.81 bits per heavy atom. The summed E-state index contributed by atoms with van der Waals surface area (Å²) in [7, 11) is 0. The largest absolute Gasteiger partial charge is 0.454 e. The summed E-state index contributed by atoms with van der Waals surface area (Å²) in [5.74, 6) is 2.69. The Kier molecular flexibility index (Phi) is 3.96. The lowest BCUT2D eigenvalue weighted by molar-refractivity contribution is 0.174. The maximum Gasteiger partial charge on any atom is 0.231 e. The molecule has 1 aromatic carbocycles. The molecule has 1 aliphatic carbocycles. The SMILES string of the molecule is Cc1cc(C)n2c(NC3CCCCC3)c(-c3ccc4c(c3)OCO4)nc2c1. The number of anilines is 1. The predicted molar refractivity (Wildman–Crippen MR) is 107 cm³/mol. The molecule has 1 saturated carbocycles. The first-order chi connectivity index (χ1) is 13.2.